The van der Waals surface area contributed by atoms with Gasteiger partial charge in [0, 0.05) is 0 Å². The standard InChI is InChI=1S/C7H16N2Si/c1-7(2)8-6-9-10(3,4)5/h7H,1-5H3. The zero-order valence-electron chi connectivity index (χ0n) is 7.47. The van der Waals surface area contributed by atoms with Crippen molar-refractivity contribution in [2.24, 2.45) is 9.65 Å². The first-order valence-electron chi connectivity index (χ1n) is 3.58. The Morgan fingerprint density at radius 2 is 1.70 bits per heavy atom. The van der Waals surface area contributed by atoms with Gasteiger partial charge in [0.25, 0.3) is 0 Å². The molecule has 0 N–H and O–H groups in total. The van der Waals surface area contributed by atoms with Gasteiger partial charge in [0.15, 0.2) is 8.24 Å². The highest BCUT2D eigenvalue weighted by Gasteiger charge is 2.09. The van der Waals surface area contributed by atoms with E-state index in [-0.39, 0.29) is 0 Å². The molecule has 0 aliphatic carbocycles. The maximum absolute atomic E-state index is 4.22. The van der Waals surface area contributed by atoms with Gasteiger partial charge >= 0.3 is 0 Å². The number of nitrogens with zero attached hydrogens (tertiary/aromatic N) is 2. The minimum atomic E-state index is -1.30. The summed E-state index contributed by atoms with van der Waals surface area (Å²) in [6, 6.07) is 3.06. The molecule has 0 aromatic rings. The van der Waals surface area contributed by atoms with E-state index >= 15 is 0 Å². The molecule has 0 radical (unpaired) electrons. The van der Waals surface area contributed by atoms with E-state index in [4.69, 9.17) is 0 Å². The van der Waals surface area contributed by atoms with E-state index in [2.05, 4.69) is 35.3 Å². The van der Waals surface area contributed by atoms with Crippen molar-refractivity contribution >= 4 is 14.2 Å². The molecule has 0 unspecified atom stereocenters. The van der Waals surface area contributed by atoms with Crippen LogP contribution in [0.3, 0.4) is 0 Å². The van der Waals surface area contributed by atoms with Crippen LogP contribution in [-0.2, 0) is 0 Å². The van der Waals surface area contributed by atoms with Gasteiger partial charge in [0.2, 0.25) is 0 Å². The van der Waals surface area contributed by atoms with Gasteiger partial charge < -0.3 is 0 Å². The van der Waals surface area contributed by atoms with E-state index in [0.717, 1.165) is 0 Å². The largest absolute Gasteiger partial charge is 0.267 e. The molecule has 0 heterocycles. The van der Waals surface area contributed by atoms with Crippen LogP contribution in [0.4, 0.5) is 0 Å². The summed E-state index contributed by atoms with van der Waals surface area (Å²) in [5.41, 5.74) is 0. The minimum Gasteiger partial charge on any atom is -0.267 e. The molecule has 3 heteroatoms. The summed E-state index contributed by atoms with van der Waals surface area (Å²) >= 11 is 0. The molecule has 0 rings (SSSR count). The molecule has 0 aromatic carbocycles. The summed E-state index contributed by atoms with van der Waals surface area (Å²) in [4.78, 5) is 4.03. The Kier molecular flexibility index (Phi) is 3.54. The highest BCUT2D eigenvalue weighted by atomic mass is 28.3. The van der Waals surface area contributed by atoms with Crippen molar-refractivity contribution in [3.05, 3.63) is 0 Å². The lowest BCUT2D eigenvalue weighted by molar-refractivity contribution is 0.842. The van der Waals surface area contributed by atoms with Crippen LogP contribution in [0.2, 0.25) is 19.6 Å². The van der Waals surface area contributed by atoms with Crippen molar-refractivity contribution < 1.29 is 0 Å². The Morgan fingerprint density at radius 1 is 1.20 bits per heavy atom. The third kappa shape index (κ3) is 7.60. The summed E-state index contributed by atoms with van der Waals surface area (Å²) in [6.45, 7) is 10.5. The third-order valence-corrected chi connectivity index (χ3v) is 1.47. The van der Waals surface area contributed by atoms with Gasteiger partial charge in [0.05, 0.1) is 12.1 Å². The van der Waals surface area contributed by atoms with Crippen molar-refractivity contribution in [3.8, 4) is 0 Å². The number of aliphatic imine (C=N–C) groups is 1. The highest BCUT2D eigenvalue weighted by Crippen LogP contribution is 1.99. The topological polar surface area (TPSA) is 24.7 Å². The summed E-state index contributed by atoms with van der Waals surface area (Å²) in [5, 5.41) is 0. The van der Waals surface area contributed by atoms with Crippen molar-refractivity contribution in [1.29, 1.82) is 0 Å². The lowest BCUT2D eigenvalue weighted by Crippen LogP contribution is -2.15. The van der Waals surface area contributed by atoms with Crippen LogP contribution in [0.5, 0.6) is 0 Å². The molecule has 0 saturated carbocycles. The van der Waals surface area contributed by atoms with Crippen LogP contribution in [0.25, 0.3) is 0 Å². The summed E-state index contributed by atoms with van der Waals surface area (Å²) in [7, 11) is -1.30. The zero-order chi connectivity index (χ0) is 8.20. The quantitative estimate of drug-likeness (QED) is 0.433. The van der Waals surface area contributed by atoms with Crippen molar-refractivity contribution in [3.63, 3.8) is 0 Å². The normalized spacial score (nSPS) is 11.0. The van der Waals surface area contributed by atoms with E-state index in [9.17, 15) is 0 Å². The van der Waals surface area contributed by atoms with Gasteiger partial charge in [-0.1, -0.05) is 0 Å². The van der Waals surface area contributed by atoms with Crippen LogP contribution in [-0.4, -0.2) is 20.3 Å². The zero-order valence-corrected chi connectivity index (χ0v) is 8.47. The Bertz CT molecular complexity index is 149. The fourth-order valence-corrected chi connectivity index (χ4v) is 0.652. The molecule has 0 bridgehead atoms. The van der Waals surface area contributed by atoms with Gasteiger partial charge in [-0.3, -0.25) is 4.66 Å². The van der Waals surface area contributed by atoms with Crippen LogP contribution < -0.4 is 0 Å². The fourth-order valence-electron chi connectivity index (χ4n) is 0.294. The van der Waals surface area contributed by atoms with E-state index in [1.807, 2.05) is 13.8 Å². The lowest BCUT2D eigenvalue weighted by atomic mass is 10.4. The number of hydrogen-bond donors (Lipinski definition) is 0. The second-order valence-corrected chi connectivity index (χ2v) is 8.17. The third-order valence-electron chi connectivity index (χ3n) is 0.701. The molecule has 0 saturated heterocycles. The van der Waals surface area contributed by atoms with Crippen LogP contribution in [0.15, 0.2) is 9.65 Å². The van der Waals surface area contributed by atoms with E-state index in [0.29, 0.717) is 6.04 Å². The predicted molar refractivity (Wildman–Crippen MR) is 48.3 cm³/mol. The average Bonchev–Trinajstić information content (AvgIpc) is 1.59. The van der Waals surface area contributed by atoms with Crippen molar-refractivity contribution in [1.82, 2.24) is 0 Å². The first kappa shape index (κ1) is 9.60. The van der Waals surface area contributed by atoms with Crippen LogP contribution in [0, 0.1) is 0 Å². The molecule has 0 aliphatic rings. The molecule has 0 amide bonds. The minimum absolute atomic E-state index is 0.320. The summed E-state index contributed by atoms with van der Waals surface area (Å²) in [6.07, 6.45) is 0. The van der Waals surface area contributed by atoms with Gasteiger partial charge in [-0.25, -0.2) is 4.99 Å². The molecule has 0 fully saturated rings. The molecule has 0 aliphatic heterocycles. The fraction of sp³-hybridized carbons (Fsp3) is 0.857. The number of hydrogen-bond acceptors (Lipinski definition) is 2. The monoisotopic (exact) mass is 156 g/mol. The Morgan fingerprint density at radius 3 is 2.00 bits per heavy atom. The van der Waals surface area contributed by atoms with E-state index < -0.39 is 8.24 Å². The predicted octanol–water partition coefficient (Wildman–Crippen LogP) is 2.40. The lowest BCUT2D eigenvalue weighted by Gasteiger charge is -2.03. The summed E-state index contributed by atoms with van der Waals surface area (Å²) in [5.74, 6) is 0. The first-order chi connectivity index (χ1) is 4.42. The smallest absolute Gasteiger partial charge is 0.186 e. The van der Waals surface area contributed by atoms with Gasteiger partial charge in [-0.05, 0) is 33.5 Å². The molecule has 58 valence electrons. The molecule has 2 nitrogen and oxygen atoms in total. The summed E-state index contributed by atoms with van der Waals surface area (Å²) < 4.78 is 4.22. The Labute approximate surface area is 64.2 Å². The number of rotatable bonds is 2. The first-order valence-corrected chi connectivity index (χ1v) is 7.03. The van der Waals surface area contributed by atoms with Crippen LogP contribution >= 0.6 is 0 Å². The molecular formula is C7H16N2Si. The SMILES string of the molecule is CC(C)N=C=N[Si](C)(C)C. The van der Waals surface area contributed by atoms with Crippen molar-refractivity contribution in [2.45, 2.75) is 39.5 Å². The molecule has 10 heavy (non-hydrogen) atoms. The second-order valence-electron chi connectivity index (χ2n) is 3.61. The maximum Gasteiger partial charge on any atom is 0.186 e. The molecule has 0 spiro atoms. The maximum atomic E-state index is 4.22. The second kappa shape index (κ2) is 3.69. The van der Waals surface area contributed by atoms with Gasteiger partial charge in [-0.2, -0.15) is 0 Å². The molecular weight excluding hydrogens is 140 g/mol. The Hall–Kier alpha value is -0.403. The Balaban J connectivity index is 3.99. The van der Waals surface area contributed by atoms with E-state index in [1.165, 1.54) is 0 Å². The molecule has 0 atom stereocenters. The van der Waals surface area contributed by atoms with Crippen molar-refractivity contribution in [2.75, 3.05) is 0 Å². The highest BCUT2D eigenvalue weighted by molar-refractivity contribution is 6.75. The van der Waals surface area contributed by atoms with Gasteiger partial charge in [0.1, 0.15) is 0 Å². The average molecular weight is 156 g/mol. The molecule has 0 aromatic heterocycles. The van der Waals surface area contributed by atoms with E-state index in [1.54, 1.807) is 0 Å². The van der Waals surface area contributed by atoms with Gasteiger partial charge in [-0.15, -0.1) is 0 Å². The van der Waals surface area contributed by atoms with Crippen LogP contribution in [0.1, 0.15) is 13.8 Å².